The Labute approximate surface area is 184 Å². The standard InChI is InChI=1S/C15H24I2N4O6/c16-14(26)10(4-6-18)20-12(23)5-8-21(15(17)27)9-7-19-11(22)2-1-3-13(24)25/h10H,1-9,18H2,(H,19,22)(H,20,23)(H,24,25)/t10-/m0/s1. The molecular weight excluding hydrogens is 586 g/mol. The number of halogens is 2. The van der Waals surface area contributed by atoms with E-state index in [2.05, 4.69) is 10.6 Å². The van der Waals surface area contributed by atoms with E-state index in [1.54, 1.807) is 45.2 Å². The molecule has 0 bridgehead atoms. The molecule has 0 aliphatic carbocycles. The molecule has 0 aliphatic heterocycles. The third kappa shape index (κ3) is 13.7. The minimum atomic E-state index is -0.958. The van der Waals surface area contributed by atoms with Crippen LogP contribution in [0.15, 0.2) is 0 Å². The predicted molar refractivity (Wildman–Crippen MR) is 115 cm³/mol. The van der Waals surface area contributed by atoms with Gasteiger partial charge in [-0.15, -0.1) is 0 Å². The molecule has 3 amide bonds. The summed E-state index contributed by atoms with van der Waals surface area (Å²) < 4.78 is -0.483. The summed E-state index contributed by atoms with van der Waals surface area (Å²) in [5.41, 5.74) is 5.40. The highest BCUT2D eigenvalue weighted by atomic mass is 127. The number of nitrogens with one attached hydrogen (secondary N) is 2. The topological polar surface area (TPSA) is 159 Å². The normalized spacial score (nSPS) is 11.4. The van der Waals surface area contributed by atoms with E-state index in [1.165, 1.54) is 4.90 Å². The number of aliphatic carboxylic acids is 1. The molecule has 1 atom stereocenters. The van der Waals surface area contributed by atoms with Crippen LogP contribution in [0.3, 0.4) is 0 Å². The molecule has 0 saturated carbocycles. The van der Waals surface area contributed by atoms with Gasteiger partial charge in [-0.3, -0.25) is 24.0 Å². The highest BCUT2D eigenvalue weighted by Crippen LogP contribution is 2.03. The van der Waals surface area contributed by atoms with Gasteiger partial charge in [-0.05, 0) is 19.4 Å². The minimum Gasteiger partial charge on any atom is -0.481 e. The summed E-state index contributed by atoms with van der Waals surface area (Å²) in [5, 5.41) is 13.7. The monoisotopic (exact) mass is 610 g/mol. The van der Waals surface area contributed by atoms with Gasteiger partial charge in [0.25, 0.3) is 3.91 Å². The van der Waals surface area contributed by atoms with Crippen LogP contribution in [0.1, 0.15) is 32.1 Å². The van der Waals surface area contributed by atoms with Gasteiger partial charge in [0.2, 0.25) is 15.6 Å². The number of carbonyl (C=O) groups is 5. The highest BCUT2D eigenvalue weighted by Gasteiger charge is 2.19. The molecule has 0 unspecified atom stereocenters. The smallest absolute Gasteiger partial charge is 0.303 e. The van der Waals surface area contributed by atoms with Gasteiger partial charge in [-0.2, -0.15) is 0 Å². The summed E-state index contributed by atoms with van der Waals surface area (Å²) in [5.74, 6) is -1.61. The second kappa shape index (κ2) is 15.0. The lowest BCUT2D eigenvalue weighted by Gasteiger charge is -2.21. The molecular formula is C15H24I2N4O6. The van der Waals surface area contributed by atoms with Gasteiger partial charge >= 0.3 is 5.97 Å². The third-order valence-corrected chi connectivity index (χ3v) is 4.85. The van der Waals surface area contributed by atoms with E-state index in [1.807, 2.05) is 0 Å². The number of hydrogen-bond donors (Lipinski definition) is 4. The number of carboxylic acids is 1. The van der Waals surface area contributed by atoms with Crippen LogP contribution in [0.5, 0.6) is 0 Å². The molecule has 0 rings (SSSR count). The quantitative estimate of drug-likeness (QED) is 0.126. The lowest BCUT2D eigenvalue weighted by molar-refractivity contribution is -0.137. The Morgan fingerprint density at radius 1 is 1.00 bits per heavy atom. The Hall–Kier alpha value is -1.03. The molecule has 0 spiro atoms. The van der Waals surface area contributed by atoms with Crippen molar-refractivity contribution in [1.29, 1.82) is 0 Å². The first-order valence-corrected chi connectivity index (χ1v) is 10.4. The van der Waals surface area contributed by atoms with Gasteiger partial charge < -0.3 is 26.4 Å². The second-order valence-corrected chi connectivity index (χ2v) is 7.57. The number of carbonyl (C=O) groups excluding carboxylic acids is 4. The van der Waals surface area contributed by atoms with E-state index in [0.29, 0.717) is 6.42 Å². The second-order valence-electron chi connectivity index (χ2n) is 5.59. The van der Waals surface area contributed by atoms with Crippen LogP contribution in [0, 0.1) is 0 Å². The molecule has 154 valence electrons. The molecule has 0 aromatic rings. The van der Waals surface area contributed by atoms with Crippen LogP contribution in [0.4, 0.5) is 4.79 Å². The van der Waals surface area contributed by atoms with Crippen LogP contribution in [0.2, 0.25) is 0 Å². The maximum absolute atomic E-state index is 11.9. The zero-order valence-corrected chi connectivity index (χ0v) is 19.0. The van der Waals surface area contributed by atoms with E-state index >= 15 is 0 Å². The molecule has 0 aromatic carbocycles. The van der Waals surface area contributed by atoms with Crippen molar-refractivity contribution in [2.45, 2.75) is 38.1 Å². The average Bonchev–Trinajstić information content (AvgIpc) is 2.56. The van der Waals surface area contributed by atoms with E-state index < -0.39 is 12.0 Å². The van der Waals surface area contributed by atoms with Crippen LogP contribution in [0.25, 0.3) is 0 Å². The van der Waals surface area contributed by atoms with Crippen molar-refractivity contribution in [3.63, 3.8) is 0 Å². The summed E-state index contributed by atoms with van der Waals surface area (Å²) >= 11 is 3.20. The van der Waals surface area contributed by atoms with Gasteiger partial charge in [-0.25, -0.2) is 0 Å². The number of nitrogens with two attached hydrogens (primary N) is 1. The predicted octanol–water partition coefficient (Wildman–Crippen LogP) is 0.400. The van der Waals surface area contributed by atoms with E-state index in [-0.39, 0.29) is 71.4 Å². The lowest BCUT2D eigenvalue weighted by Crippen LogP contribution is -2.42. The van der Waals surface area contributed by atoms with Crippen molar-refractivity contribution >= 4 is 70.7 Å². The fraction of sp³-hybridized carbons (Fsp3) is 0.667. The first kappa shape index (κ1) is 26.0. The van der Waals surface area contributed by atoms with Gasteiger partial charge in [0.05, 0.1) is 6.04 Å². The molecule has 0 fully saturated rings. The average molecular weight is 610 g/mol. The molecule has 5 N–H and O–H groups in total. The molecule has 10 nitrogen and oxygen atoms in total. The number of hydrogen-bond acceptors (Lipinski definition) is 6. The van der Waals surface area contributed by atoms with E-state index in [4.69, 9.17) is 10.8 Å². The number of carboxylic acid groups (broad SMARTS) is 1. The molecule has 0 saturated heterocycles. The molecule has 27 heavy (non-hydrogen) atoms. The number of nitrogens with zero attached hydrogens (tertiary/aromatic N) is 1. The Balaban J connectivity index is 4.24. The lowest BCUT2D eigenvalue weighted by atomic mass is 10.2. The maximum atomic E-state index is 11.9. The summed E-state index contributed by atoms with van der Waals surface area (Å²) in [7, 11) is 0. The zero-order chi connectivity index (χ0) is 20.8. The Kier molecular flexibility index (Phi) is 14.4. The molecule has 0 aliphatic rings. The van der Waals surface area contributed by atoms with Crippen LogP contribution in [-0.2, 0) is 19.2 Å². The number of rotatable bonds is 14. The van der Waals surface area contributed by atoms with Gasteiger partial charge in [-0.1, -0.05) is 0 Å². The molecule has 0 heterocycles. The Bertz CT molecular complexity index is 546. The largest absolute Gasteiger partial charge is 0.481 e. The summed E-state index contributed by atoms with van der Waals surface area (Å²) in [6.45, 7) is 0.832. The highest BCUT2D eigenvalue weighted by molar-refractivity contribution is 14.1. The van der Waals surface area contributed by atoms with Crippen molar-refractivity contribution in [3.8, 4) is 0 Å². The fourth-order valence-electron chi connectivity index (χ4n) is 2.02. The molecule has 0 aromatic heterocycles. The molecule has 12 heteroatoms. The summed E-state index contributed by atoms with van der Waals surface area (Å²) in [6, 6.07) is -0.642. The van der Waals surface area contributed by atoms with E-state index in [0.717, 1.165) is 0 Å². The van der Waals surface area contributed by atoms with Gasteiger partial charge in [0.1, 0.15) is 0 Å². The Morgan fingerprint density at radius 2 is 1.67 bits per heavy atom. The van der Waals surface area contributed by atoms with Crippen molar-refractivity contribution in [2.75, 3.05) is 26.2 Å². The summed E-state index contributed by atoms with van der Waals surface area (Å²) in [4.78, 5) is 58.4. The zero-order valence-electron chi connectivity index (χ0n) is 14.7. The van der Waals surface area contributed by atoms with Crippen molar-refractivity contribution in [2.24, 2.45) is 5.73 Å². The first-order chi connectivity index (χ1) is 12.7. The van der Waals surface area contributed by atoms with Gasteiger partial charge in [0.15, 0.2) is 0 Å². The third-order valence-electron chi connectivity index (χ3n) is 3.42. The van der Waals surface area contributed by atoms with Crippen molar-refractivity contribution in [3.05, 3.63) is 0 Å². The molecule has 0 radical (unpaired) electrons. The van der Waals surface area contributed by atoms with Crippen molar-refractivity contribution < 1.29 is 29.1 Å². The van der Waals surface area contributed by atoms with Crippen molar-refractivity contribution in [1.82, 2.24) is 15.5 Å². The van der Waals surface area contributed by atoms with Crippen LogP contribution in [-0.4, -0.2) is 67.7 Å². The minimum absolute atomic E-state index is 0.0201. The number of amides is 3. The van der Waals surface area contributed by atoms with Gasteiger partial charge in [0, 0.05) is 84.1 Å². The SMILES string of the molecule is NCC[C@H](NC(=O)CCN(CCNC(=O)CCCC(=O)O)C(=O)I)C(=O)I. The maximum Gasteiger partial charge on any atom is 0.303 e. The van der Waals surface area contributed by atoms with Crippen LogP contribution < -0.4 is 16.4 Å². The first-order valence-electron chi connectivity index (χ1n) is 8.29. The fourth-order valence-corrected chi connectivity index (χ4v) is 2.97. The Morgan fingerprint density at radius 3 is 2.19 bits per heavy atom. The summed E-state index contributed by atoms with van der Waals surface area (Å²) in [6.07, 6.45) is 0.629. The van der Waals surface area contributed by atoms with E-state index in [9.17, 15) is 24.0 Å². The van der Waals surface area contributed by atoms with Crippen LogP contribution >= 0.6 is 45.2 Å².